The molecule has 0 bridgehead atoms. The van der Waals surface area contributed by atoms with E-state index >= 15 is 0 Å². The first-order valence-electron chi connectivity index (χ1n) is 10.1. The van der Waals surface area contributed by atoms with Crippen LogP contribution < -0.4 is 21.5 Å². The van der Waals surface area contributed by atoms with Gasteiger partial charge in [-0.1, -0.05) is 17.7 Å². The van der Waals surface area contributed by atoms with E-state index in [9.17, 15) is 27.9 Å². The fraction of sp³-hybridized carbons (Fsp3) is 0.500. The molecule has 8 N–H and O–H groups in total. The van der Waals surface area contributed by atoms with Crippen LogP contribution in [0.25, 0.3) is 0 Å². The van der Waals surface area contributed by atoms with Crippen molar-refractivity contribution in [2.24, 2.45) is 16.5 Å². The van der Waals surface area contributed by atoms with E-state index in [4.69, 9.17) is 15.6 Å². The number of benzene rings is 1. The normalized spacial score (nSPS) is 12.6. The second kappa shape index (κ2) is 14.0. The maximum absolute atomic E-state index is 12.2. The largest absolute Gasteiger partial charge is 0.480 e. The number of amides is 1. The molecule has 0 unspecified atom stereocenters. The summed E-state index contributed by atoms with van der Waals surface area (Å²) in [5.74, 6) is -2.49. The third-order valence-electron chi connectivity index (χ3n) is 3.67. The molecule has 0 saturated heterocycles. The molecule has 0 aromatic heterocycles. The van der Waals surface area contributed by atoms with Gasteiger partial charge in [0.2, 0.25) is 5.96 Å². The molecular formula is C20H33N5O8S. The average molecular weight is 504 g/mol. The molecule has 0 aliphatic carbocycles. The van der Waals surface area contributed by atoms with Gasteiger partial charge in [0.05, 0.1) is 11.4 Å². The number of ether oxygens (including phenoxy) is 1. The molecular weight excluding hydrogens is 470 g/mol. The van der Waals surface area contributed by atoms with E-state index in [1.165, 1.54) is 12.1 Å². The summed E-state index contributed by atoms with van der Waals surface area (Å²) in [6, 6.07) is 5.05. The van der Waals surface area contributed by atoms with Gasteiger partial charge in [0.25, 0.3) is 10.0 Å². The van der Waals surface area contributed by atoms with Crippen LogP contribution >= 0.6 is 0 Å². The fourth-order valence-corrected chi connectivity index (χ4v) is 3.10. The number of carboxylic acids is 2. The first kappa shape index (κ1) is 30.6. The highest BCUT2D eigenvalue weighted by atomic mass is 32.2. The smallest absolute Gasteiger partial charge is 0.408 e. The van der Waals surface area contributed by atoms with Gasteiger partial charge in [-0.3, -0.25) is 9.79 Å². The lowest BCUT2D eigenvalue weighted by atomic mass is 10.1. The van der Waals surface area contributed by atoms with Crippen LogP contribution in [0.3, 0.4) is 0 Å². The van der Waals surface area contributed by atoms with Crippen molar-refractivity contribution < 1.29 is 37.8 Å². The quantitative estimate of drug-likeness (QED) is 0.154. The number of carboxylic acid groups (broad SMARTS) is 2. The lowest BCUT2D eigenvalue weighted by Gasteiger charge is -2.21. The van der Waals surface area contributed by atoms with Crippen molar-refractivity contribution in [3.63, 3.8) is 0 Å². The van der Waals surface area contributed by atoms with Gasteiger partial charge in [-0.25, -0.2) is 22.7 Å². The molecule has 0 heterocycles. The monoisotopic (exact) mass is 503 g/mol. The Balaban J connectivity index is 0.00000196. The summed E-state index contributed by atoms with van der Waals surface area (Å²) in [6.45, 7) is 6.62. The second-order valence-electron chi connectivity index (χ2n) is 7.96. The molecule has 0 aliphatic heterocycles. The average Bonchev–Trinajstić information content (AvgIpc) is 2.69. The highest BCUT2D eigenvalue weighted by Gasteiger charge is 2.23. The molecule has 1 rings (SSSR count). The number of hydrogen-bond acceptors (Lipinski definition) is 8. The zero-order valence-electron chi connectivity index (χ0n) is 19.6. The number of guanidine groups is 1. The van der Waals surface area contributed by atoms with Gasteiger partial charge >= 0.3 is 18.0 Å². The van der Waals surface area contributed by atoms with Gasteiger partial charge in [0, 0.05) is 6.54 Å². The highest BCUT2D eigenvalue weighted by Crippen LogP contribution is 2.10. The molecule has 0 radical (unpaired) electrons. The molecule has 1 aromatic carbocycles. The molecule has 1 aromatic rings. The molecule has 1 atom stereocenters. The number of sulfonamides is 1. The number of aliphatic carboxylic acids is 2. The van der Waals surface area contributed by atoms with Gasteiger partial charge in [0.15, 0.2) is 0 Å². The number of rotatable bonds is 9. The van der Waals surface area contributed by atoms with E-state index < -0.39 is 39.7 Å². The van der Waals surface area contributed by atoms with Crippen LogP contribution in [-0.4, -0.2) is 67.4 Å². The van der Waals surface area contributed by atoms with Crippen LogP contribution in [0.5, 0.6) is 0 Å². The van der Waals surface area contributed by atoms with Gasteiger partial charge in [0.1, 0.15) is 11.6 Å². The third kappa shape index (κ3) is 13.9. The number of nitrogens with one attached hydrogen (secondary N) is 2. The van der Waals surface area contributed by atoms with Crippen molar-refractivity contribution in [3.8, 4) is 0 Å². The maximum Gasteiger partial charge on any atom is 0.408 e. The molecule has 0 saturated carbocycles. The first-order chi connectivity index (χ1) is 15.6. The molecule has 14 heteroatoms. The lowest BCUT2D eigenvalue weighted by molar-refractivity contribution is -0.139. The van der Waals surface area contributed by atoms with Crippen molar-refractivity contribution in [2.45, 2.75) is 57.1 Å². The Labute approximate surface area is 198 Å². The van der Waals surface area contributed by atoms with Crippen molar-refractivity contribution in [2.75, 3.05) is 13.1 Å². The summed E-state index contributed by atoms with van der Waals surface area (Å²) in [4.78, 5) is 36.2. The van der Waals surface area contributed by atoms with Crippen molar-refractivity contribution in [3.05, 3.63) is 29.8 Å². The highest BCUT2D eigenvalue weighted by molar-refractivity contribution is 7.90. The van der Waals surface area contributed by atoms with Crippen molar-refractivity contribution in [1.29, 1.82) is 0 Å². The van der Waals surface area contributed by atoms with Gasteiger partial charge in [-0.2, -0.15) is 0 Å². The zero-order valence-corrected chi connectivity index (χ0v) is 20.4. The Bertz CT molecular complexity index is 956. The van der Waals surface area contributed by atoms with Gasteiger partial charge < -0.3 is 31.7 Å². The lowest BCUT2D eigenvalue weighted by Crippen LogP contribution is -2.43. The number of aryl methyl sites for hydroxylation is 1. The van der Waals surface area contributed by atoms with Crippen LogP contribution in [0.15, 0.2) is 34.2 Å². The molecule has 0 aliphatic rings. The van der Waals surface area contributed by atoms with E-state index in [0.29, 0.717) is 0 Å². The van der Waals surface area contributed by atoms with E-state index in [-0.39, 0.29) is 36.8 Å². The van der Waals surface area contributed by atoms with Crippen LogP contribution in [0.1, 0.15) is 39.2 Å². The molecule has 192 valence electrons. The number of carbonyl (C=O) groups is 3. The third-order valence-corrected chi connectivity index (χ3v) is 5.04. The van der Waals surface area contributed by atoms with Crippen molar-refractivity contribution in [1.82, 2.24) is 10.0 Å². The van der Waals surface area contributed by atoms with Gasteiger partial charge in [-0.15, -0.1) is 0 Å². The van der Waals surface area contributed by atoms with Crippen LogP contribution in [0, 0.1) is 6.92 Å². The molecule has 34 heavy (non-hydrogen) atoms. The predicted molar refractivity (Wildman–Crippen MR) is 125 cm³/mol. The number of nitrogens with zero attached hydrogens (tertiary/aromatic N) is 1. The van der Waals surface area contributed by atoms with Gasteiger partial charge in [-0.05, 0) is 52.7 Å². The van der Waals surface area contributed by atoms with Crippen LogP contribution in [0.2, 0.25) is 0 Å². The van der Waals surface area contributed by atoms with E-state index in [0.717, 1.165) is 5.56 Å². The standard InChI is InChI=1S/C18H28N4O6S.C2H5NO2/c1-12-7-9-13(10-8-12)29(26,27)22-16(19)20-11-5-6-14(15(23)24)21-17(25)28-18(2,3)4;3-1-2(4)5/h7-10,14H,5-6,11H2,1-4H3,(H,21,25)(H,23,24)(H3,19,20,22);1,3H2,(H,4,5)/t14-;/m0./s1. The van der Waals surface area contributed by atoms with Crippen LogP contribution in [0.4, 0.5) is 4.79 Å². The van der Waals surface area contributed by atoms with E-state index in [2.05, 4.69) is 20.8 Å². The molecule has 13 nitrogen and oxygen atoms in total. The summed E-state index contributed by atoms with van der Waals surface area (Å²) in [6.07, 6.45) is -0.519. The number of hydrogen-bond donors (Lipinski definition) is 6. The predicted octanol–water partition coefficient (Wildman–Crippen LogP) is 0.376. The molecule has 0 fully saturated rings. The Kier molecular flexibility index (Phi) is 12.6. The Hall–Kier alpha value is -3.39. The number of aliphatic imine (C=N–C) groups is 1. The second-order valence-corrected chi connectivity index (χ2v) is 9.65. The van der Waals surface area contributed by atoms with Crippen molar-refractivity contribution >= 4 is 34.0 Å². The van der Waals surface area contributed by atoms with E-state index in [1.807, 2.05) is 6.92 Å². The van der Waals surface area contributed by atoms with Crippen LogP contribution in [-0.2, 0) is 24.3 Å². The molecule has 0 spiro atoms. The Morgan fingerprint density at radius 1 is 1.15 bits per heavy atom. The summed E-state index contributed by atoms with van der Waals surface area (Å²) in [5.41, 5.74) is 10.3. The Morgan fingerprint density at radius 2 is 1.68 bits per heavy atom. The number of carbonyl (C=O) groups excluding carboxylic acids is 1. The summed E-state index contributed by atoms with van der Waals surface area (Å²) in [5, 5.41) is 19.1. The Morgan fingerprint density at radius 3 is 2.12 bits per heavy atom. The SMILES string of the molecule is Cc1ccc(S(=O)(=O)NC(N)=NCCC[C@H](NC(=O)OC(C)(C)C)C(=O)O)cc1.NCC(=O)O. The fourth-order valence-electron chi connectivity index (χ4n) is 2.15. The topological polar surface area (TPSA) is 224 Å². The van der Waals surface area contributed by atoms with E-state index in [1.54, 1.807) is 32.9 Å². The minimum Gasteiger partial charge on any atom is -0.480 e. The summed E-state index contributed by atoms with van der Waals surface area (Å²) >= 11 is 0. The molecule has 1 amide bonds. The maximum atomic E-state index is 12.2. The first-order valence-corrected chi connectivity index (χ1v) is 11.6. The zero-order chi connectivity index (χ0) is 26.5. The summed E-state index contributed by atoms with van der Waals surface area (Å²) < 4.78 is 31.6. The number of alkyl carbamates (subject to hydrolysis) is 1. The minimum absolute atomic E-state index is 0.0498. The summed E-state index contributed by atoms with van der Waals surface area (Å²) in [7, 11) is -3.85. The minimum atomic E-state index is -3.85. The number of nitrogens with two attached hydrogens (primary N) is 2.